The Morgan fingerprint density at radius 3 is 2.21 bits per heavy atom. The van der Waals surface area contributed by atoms with E-state index in [1.807, 2.05) is 0 Å². The highest BCUT2D eigenvalue weighted by Crippen LogP contribution is 2.36. The summed E-state index contributed by atoms with van der Waals surface area (Å²) in [5.41, 5.74) is -1.48. The van der Waals surface area contributed by atoms with E-state index in [2.05, 4.69) is 20.3 Å². The van der Waals surface area contributed by atoms with Gasteiger partial charge < -0.3 is 10.4 Å². The summed E-state index contributed by atoms with van der Waals surface area (Å²) in [6, 6.07) is 10.5. The number of halogens is 6. The van der Waals surface area contributed by atoms with E-state index < -0.39 is 30.1 Å². The molecule has 1 aromatic carbocycles. The molecule has 2 N–H and O–H groups in total. The summed E-state index contributed by atoms with van der Waals surface area (Å²) < 4.78 is 78.5. The van der Waals surface area contributed by atoms with Crippen molar-refractivity contribution in [2.75, 3.05) is 5.32 Å². The fourth-order valence-corrected chi connectivity index (χ4v) is 3.20. The number of rotatable bonds is 4. The molecule has 33 heavy (non-hydrogen) atoms. The zero-order valence-corrected chi connectivity index (χ0v) is 16.5. The van der Waals surface area contributed by atoms with Crippen LogP contribution in [0.3, 0.4) is 0 Å². The predicted molar refractivity (Wildman–Crippen MR) is 108 cm³/mol. The number of pyridine rings is 3. The zero-order valence-electron chi connectivity index (χ0n) is 16.5. The lowest BCUT2D eigenvalue weighted by Crippen LogP contribution is -2.09. The maximum Gasteiger partial charge on any atom is 0.418 e. The van der Waals surface area contributed by atoms with Gasteiger partial charge in [-0.25, -0.2) is 9.97 Å². The fraction of sp³-hybridized carbons (Fsp3) is 0.136. The minimum atomic E-state index is -4.63. The van der Waals surface area contributed by atoms with Crippen LogP contribution in [0.15, 0.2) is 60.8 Å². The van der Waals surface area contributed by atoms with Crippen molar-refractivity contribution in [2.45, 2.75) is 19.0 Å². The molecule has 4 aromatic rings. The van der Waals surface area contributed by atoms with Gasteiger partial charge in [-0.05, 0) is 54.6 Å². The molecule has 0 saturated carbocycles. The van der Waals surface area contributed by atoms with Gasteiger partial charge in [0, 0.05) is 17.3 Å². The van der Waals surface area contributed by atoms with Crippen molar-refractivity contribution in [1.82, 2.24) is 15.0 Å². The van der Waals surface area contributed by atoms with Crippen molar-refractivity contribution in [3.05, 3.63) is 77.6 Å². The molecule has 3 heterocycles. The molecular formula is C22H14F6N4O. The number of aliphatic hydroxyl groups is 1. The van der Waals surface area contributed by atoms with Gasteiger partial charge in [0.2, 0.25) is 0 Å². The number of aromatic nitrogens is 3. The zero-order chi connectivity index (χ0) is 23.8. The van der Waals surface area contributed by atoms with Crippen molar-refractivity contribution in [1.29, 1.82) is 0 Å². The minimum absolute atomic E-state index is 0.0361. The molecule has 0 fully saturated rings. The van der Waals surface area contributed by atoms with Gasteiger partial charge in [0.15, 0.2) is 0 Å². The molecule has 0 spiro atoms. The standard InChI is InChI=1S/C22H14F6N4O/c23-21(24,25)12-3-5-13(6-4-12)30-20-15-7-8-17(32-18(15)10-14(11-33)31-20)19-16(22(26,27)28)2-1-9-29-19/h1-10,33H,11H2,(H,30,31). The van der Waals surface area contributed by atoms with Crippen LogP contribution in [0, 0.1) is 0 Å². The van der Waals surface area contributed by atoms with E-state index in [0.717, 1.165) is 18.2 Å². The third-order valence-corrected chi connectivity index (χ3v) is 4.73. The highest BCUT2D eigenvalue weighted by molar-refractivity contribution is 5.92. The van der Waals surface area contributed by atoms with Gasteiger partial charge in [-0.2, -0.15) is 26.3 Å². The first-order valence-electron chi connectivity index (χ1n) is 9.44. The third-order valence-electron chi connectivity index (χ3n) is 4.73. The second kappa shape index (κ2) is 8.32. The van der Waals surface area contributed by atoms with E-state index in [-0.39, 0.29) is 28.4 Å². The molecule has 170 valence electrons. The number of aliphatic hydroxyl groups excluding tert-OH is 1. The van der Waals surface area contributed by atoms with Crippen molar-refractivity contribution in [3.8, 4) is 11.4 Å². The second-order valence-electron chi connectivity index (χ2n) is 6.98. The van der Waals surface area contributed by atoms with Crippen LogP contribution in [-0.2, 0) is 19.0 Å². The van der Waals surface area contributed by atoms with E-state index in [0.29, 0.717) is 11.1 Å². The summed E-state index contributed by atoms with van der Waals surface area (Å²) in [5, 5.41) is 12.8. The summed E-state index contributed by atoms with van der Waals surface area (Å²) in [5.74, 6) is 0.174. The van der Waals surface area contributed by atoms with Gasteiger partial charge in [-0.1, -0.05) is 0 Å². The highest BCUT2D eigenvalue weighted by Gasteiger charge is 2.34. The van der Waals surface area contributed by atoms with Crippen molar-refractivity contribution in [3.63, 3.8) is 0 Å². The van der Waals surface area contributed by atoms with Crippen LogP contribution in [0.25, 0.3) is 22.3 Å². The van der Waals surface area contributed by atoms with E-state index in [4.69, 9.17) is 0 Å². The molecule has 0 aliphatic heterocycles. The SMILES string of the molecule is OCc1cc2nc(-c3ncccc3C(F)(F)F)ccc2c(Nc2ccc(C(F)(F)F)cc2)n1. The number of hydrogen-bond acceptors (Lipinski definition) is 5. The van der Waals surface area contributed by atoms with Crippen LogP contribution in [0.5, 0.6) is 0 Å². The van der Waals surface area contributed by atoms with Crippen molar-refractivity contribution >= 4 is 22.4 Å². The van der Waals surface area contributed by atoms with Crippen molar-refractivity contribution < 1.29 is 31.4 Å². The summed E-state index contributed by atoms with van der Waals surface area (Å²) in [6.45, 7) is -0.485. The van der Waals surface area contributed by atoms with E-state index in [9.17, 15) is 31.4 Å². The Bertz CT molecular complexity index is 1300. The largest absolute Gasteiger partial charge is 0.418 e. The van der Waals surface area contributed by atoms with Crippen molar-refractivity contribution in [2.24, 2.45) is 0 Å². The lowest BCUT2D eigenvalue weighted by molar-refractivity contribution is -0.138. The minimum Gasteiger partial charge on any atom is -0.390 e. The predicted octanol–water partition coefficient (Wildman–Crippen LogP) is 5.97. The Morgan fingerprint density at radius 2 is 1.58 bits per heavy atom. The first-order chi connectivity index (χ1) is 15.6. The maximum absolute atomic E-state index is 13.4. The normalized spacial score (nSPS) is 12.2. The van der Waals surface area contributed by atoms with Crippen LogP contribution in [0.1, 0.15) is 16.8 Å². The van der Waals surface area contributed by atoms with Crippen LogP contribution >= 0.6 is 0 Å². The highest BCUT2D eigenvalue weighted by atomic mass is 19.4. The van der Waals surface area contributed by atoms with Gasteiger partial charge in [0.25, 0.3) is 0 Å². The molecule has 0 aliphatic rings. The van der Waals surface area contributed by atoms with Crippen LogP contribution in [-0.4, -0.2) is 20.1 Å². The average molecular weight is 464 g/mol. The summed E-state index contributed by atoms with van der Waals surface area (Å²) in [7, 11) is 0. The molecular weight excluding hydrogens is 450 g/mol. The Morgan fingerprint density at radius 1 is 0.848 bits per heavy atom. The van der Waals surface area contributed by atoms with Gasteiger partial charge in [0.05, 0.1) is 34.6 Å². The fourth-order valence-electron chi connectivity index (χ4n) is 3.20. The van der Waals surface area contributed by atoms with Gasteiger partial charge in [-0.15, -0.1) is 0 Å². The average Bonchev–Trinajstić information content (AvgIpc) is 2.77. The van der Waals surface area contributed by atoms with Gasteiger partial charge in [-0.3, -0.25) is 4.98 Å². The van der Waals surface area contributed by atoms with Crippen LogP contribution in [0.2, 0.25) is 0 Å². The van der Waals surface area contributed by atoms with Gasteiger partial charge in [0.1, 0.15) is 11.5 Å². The first-order valence-corrected chi connectivity index (χ1v) is 9.44. The number of hydrogen-bond donors (Lipinski definition) is 2. The number of nitrogens with one attached hydrogen (secondary N) is 1. The van der Waals surface area contributed by atoms with E-state index >= 15 is 0 Å². The molecule has 4 rings (SSSR count). The van der Waals surface area contributed by atoms with Crippen LogP contribution in [0.4, 0.5) is 37.8 Å². The molecule has 0 saturated heterocycles. The Hall–Kier alpha value is -3.73. The number of fused-ring (bicyclic) bond motifs is 1. The quantitative estimate of drug-likeness (QED) is 0.365. The molecule has 0 radical (unpaired) electrons. The lowest BCUT2D eigenvalue weighted by Gasteiger charge is -2.14. The number of benzene rings is 1. The monoisotopic (exact) mass is 464 g/mol. The first kappa shape index (κ1) is 22.5. The van der Waals surface area contributed by atoms with E-state index in [1.165, 1.54) is 42.6 Å². The third kappa shape index (κ3) is 4.72. The molecule has 3 aromatic heterocycles. The van der Waals surface area contributed by atoms with Crippen LogP contribution < -0.4 is 5.32 Å². The molecule has 0 unspecified atom stereocenters. The van der Waals surface area contributed by atoms with E-state index in [1.54, 1.807) is 0 Å². The Labute approximate surface area is 182 Å². The Kier molecular flexibility index (Phi) is 5.66. The topological polar surface area (TPSA) is 70.9 Å². The number of anilines is 2. The summed E-state index contributed by atoms with van der Waals surface area (Å²) >= 11 is 0. The molecule has 5 nitrogen and oxygen atoms in total. The molecule has 0 amide bonds. The second-order valence-corrected chi connectivity index (χ2v) is 6.98. The lowest BCUT2D eigenvalue weighted by atomic mass is 10.1. The molecule has 0 aliphatic carbocycles. The number of nitrogens with zero attached hydrogens (tertiary/aromatic N) is 3. The molecule has 11 heteroatoms. The molecule has 0 bridgehead atoms. The van der Waals surface area contributed by atoms with Gasteiger partial charge >= 0.3 is 12.4 Å². The maximum atomic E-state index is 13.4. The summed E-state index contributed by atoms with van der Waals surface area (Å²) in [6.07, 6.45) is -7.90. The molecule has 0 atom stereocenters. The smallest absolute Gasteiger partial charge is 0.390 e. The Balaban J connectivity index is 1.77. The number of alkyl halides is 6. The summed E-state index contributed by atoms with van der Waals surface area (Å²) in [4.78, 5) is 12.3.